The first kappa shape index (κ1) is 33.0. The Morgan fingerprint density at radius 3 is 1.32 bits per heavy atom. The van der Waals surface area contributed by atoms with E-state index in [-0.39, 0.29) is 0 Å². The highest BCUT2D eigenvalue weighted by Crippen LogP contribution is 2.38. The van der Waals surface area contributed by atoms with Gasteiger partial charge in [-0.15, -0.1) is 0 Å². The Bertz CT molecular complexity index is 2980. The van der Waals surface area contributed by atoms with Gasteiger partial charge in [0.25, 0.3) is 0 Å². The summed E-state index contributed by atoms with van der Waals surface area (Å²) in [5, 5.41) is 2.08. The zero-order chi connectivity index (χ0) is 37.3. The number of rotatable bonds is 7. The molecule has 10 aromatic rings. The minimum atomic E-state index is 0.664. The SMILES string of the molecule is c1ccc(-c2ccc(-c3cc(-c4ccccc4)nc(-c4cccc(-c5cc(-c6ccccc6)nc6c5ccc5ccc(-c7ccccc7)nc56)c4)n3)cc2)cc1. The van der Waals surface area contributed by atoms with Gasteiger partial charge < -0.3 is 0 Å². The van der Waals surface area contributed by atoms with Crippen LogP contribution in [0.3, 0.4) is 0 Å². The quantitative estimate of drug-likeness (QED) is 0.154. The predicted octanol–water partition coefficient (Wildman–Crippen LogP) is 13.2. The first-order chi connectivity index (χ1) is 27.7. The first-order valence-electron chi connectivity index (χ1n) is 18.8. The summed E-state index contributed by atoms with van der Waals surface area (Å²) >= 11 is 0. The number of benzene rings is 7. The van der Waals surface area contributed by atoms with Crippen LogP contribution in [0.1, 0.15) is 0 Å². The van der Waals surface area contributed by atoms with E-state index in [1.54, 1.807) is 0 Å². The van der Waals surface area contributed by atoms with Crippen molar-refractivity contribution in [1.82, 2.24) is 19.9 Å². The Morgan fingerprint density at radius 2 is 0.696 bits per heavy atom. The van der Waals surface area contributed by atoms with Crippen LogP contribution in [0, 0.1) is 0 Å². The van der Waals surface area contributed by atoms with Gasteiger partial charge in [-0.3, -0.25) is 0 Å². The molecule has 3 heterocycles. The molecule has 4 nitrogen and oxygen atoms in total. The van der Waals surface area contributed by atoms with E-state index in [1.165, 1.54) is 11.1 Å². The van der Waals surface area contributed by atoms with Crippen molar-refractivity contribution in [3.8, 4) is 78.7 Å². The van der Waals surface area contributed by atoms with Gasteiger partial charge in [0.05, 0.1) is 33.8 Å². The molecule has 0 saturated heterocycles. The van der Waals surface area contributed by atoms with Gasteiger partial charge in [0.2, 0.25) is 0 Å². The smallest absolute Gasteiger partial charge is 0.160 e. The molecule has 0 saturated carbocycles. The fourth-order valence-electron chi connectivity index (χ4n) is 7.41. The Kier molecular flexibility index (Phi) is 8.47. The van der Waals surface area contributed by atoms with Gasteiger partial charge in [0, 0.05) is 38.6 Å². The Labute approximate surface area is 325 Å². The third kappa shape index (κ3) is 6.40. The van der Waals surface area contributed by atoms with Crippen molar-refractivity contribution in [3.05, 3.63) is 206 Å². The molecule has 0 fully saturated rings. The van der Waals surface area contributed by atoms with Crippen LogP contribution < -0.4 is 0 Å². The van der Waals surface area contributed by atoms with E-state index >= 15 is 0 Å². The molecular formula is C52H34N4. The van der Waals surface area contributed by atoms with Gasteiger partial charge in [-0.25, -0.2) is 19.9 Å². The summed E-state index contributed by atoms with van der Waals surface area (Å²) in [5.41, 5.74) is 14.9. The Hall–Kier alpha value is -7.56. The van der Waals surface area contributed by atoms with E-state index in [4.69, 9.17) is 19.9 Å². The summed E-state index contributed by atoms with van der Waals surface area (Å²) in [6, 6.07) is 71.5. The molecule has 0 amide bonds. The molecule has 0 aliphatic rings. The Balaban J connectivity index is 1.14. The van der Waals surface area contributed by atoms with Gasteiger partial charge in [0.1, 0.15) is 0 Å². The van der Waals surface area contributed by atoms with E-state index in [0.717, 1.165) is 83.5 Å². The second-order valence-electron chi connectivity index (χ2n) is 13.9. The maximum Gasteiger partial charge on any atom is 0.160 e. The summed E-state index contributed by atoms with van der Waals surface area (Å²) in [7, 11) is 0. The summed E-state index contributed by atoms with van der Waals surface area (Å²) in [5.74, 6) is 0.664. The second kappa shape index (κ2) is 14.3. The standard InChI is InChI=1S/C52H34N4/c1-5-14-35(15-6-1)36-24-26-40(27-25-36)49-34-48(39-20-11-4-12-21-39)55-52(56-49)43-23-13-22-42(32-43)45-33-47(38-18-9-3-10-19-38)54-51-44(45)30-28-41-29-31-46(53-50(41)51)37-16-7-2-8-17-37/h1-34H. The van der Waals surface area contributed by atoms with Gasteiger partial charge in [-0.1, -0.05) is 182 Å². The number of fused-ring (bicyclic) bond motifs is 3. The van der Waals surface area contributed by atoms with E-state index in [9.17, 15) is 0 Å². The summed E-state index contributed by atoms with van der Waals surface area (Å²) in [6.07, 6.45) is 0. The molecular weight excluding hydrogens is 681 g/mol. The van der Waals surface area contributed by atoms with Crippen LogP contribution in [0.4, 0.5) is 0 Å². The summed E-state index contributed by atoms with van der Waals surface area (Å²) < 4.78 is 0. The van der Waals surface area contributed by atoms with Gasteiger partial charge in [-0.05, 0) is 46.5 Å². The molecule has 3 aromatic heterocycles. The molecule has 0 aliphatic carbocycles. The van der Waals surface area contributed by atoms with Gasteiger partial charge in [-0.2, -0.15) is 0 Å². The average molecular weight is 715 g/mol. The second-order valence-corrected chi connectivity index (χ2v) is 13.9. The maximum absolute atomic E-state index is 5.30. The van der Waals surface area contributed by atoms with E-state index in [1.807, 2.05) is 48.5 Å². The van der Waals surface area contributed by atoms with Crippen LogP contribution in [0.5, 0.6) is 0 Å². The highest BCUT2D eigenvalue weighted by molar-refractivity contribution is 6.09. The molecule has 4 heteroatoms. The average Bonchev–Trinajstić information content (AvgIpc) is 3.29. The van der Waals surface area contributed by atoms with E-state index in [0.29, 0.717) is 5.82 Å². The number of aromatic nitrogens is 4. The number of nitrogens with zero attached hydrogens (tertiary/aromatic N) is 4. The molecule has 10 rings (SSSR count). The van der Waals surface area contributed by atoms with Crippen LogP contribution >= 0.6 is 0 Å². The first-order valence-corrected chi connectivity index (χ1v) is 18.8. The largest absolute Gasteiger partial charge is 0.245 e. The minimum Gasteiger partial charge on any atom is -0.245 e. The fraction of sp³-hybridized carbons (Fsp3) is 0. The van der Waals surface area contributed by atoms with Crippen molar-refractivity contribution >= 4 is 21.8 Å². The summed E-state index contributed by atoms with van der Waals surface area (Å²) in [4.78, 5) is 20.9. The predicted molar refractivity (Wildman–Crippen MR) is 231 cm³/mol. The van der Waals surface area contributed by atoms with Crippen molar-refractivity contribution < 1.29 is 0 Å². The van der Waals surface area contributed by atoms with E-state index < -0.39 is 0 Å². The lowest BCUT2D eigenvalue weighted by Gasteiger charge is -2.14. The number of hydrogen-bond acceptors (Lipinski definition) is 4. The molecule has 0 bridgehead atoms. The Morgan fingerprint density at radius 1 is 0.250 bits per heavy atom. The van der Waals surface area contributed by atoms with Gasteiger partial charge >= 0.3 is 0 Å². The lowest BCUT2D eigenvalue weighted by molar-refractivity contribution is 1.18. The van der Waals surface area contributed by atoms with Crippen LogP contribution in [0.2, 0.25) is 0 Å². The van der Waals surface area contributed by atoms with Crippen LogP contribution in [-0.2, 0) is 0 Å². The molecule has 0 aliphatic heterocycles. The van der Waals surface area contributed by atoms with Crippen molar-refractivity contribution in [2.75, 3.05) is 0 Å². The molecule has 56 heavy (non-hydrogen) atoms. The maximum atomic E-state index is 5.30. The molecule has 262 valence electrons. The monoisotopic (exact) mass is 714 g/mol. The molecule has 0 atom stereocenters. The van der Waals surface area contributed by atoms with Crippen LogP contribution in [-0.4, -0.2) is 19.9 Å². The molecule has 0 spiro atoms. The normalized spacial score (nSPS) is 11.2. The van der Waals surface area contributed by atoms with Crippen LogP contribution in [0.25, 0.3) is 100 Å². The van der Waals surface area contributed by atoms with Crippen molar-refractivity contribution in [2.24, 2.45) is 0 Å². The third-order valence-corrected chi connectivity index (χ3v) is 10.3. The minimum absolute atomic E-state index is 0.664. The van der Waals surface area contributed by atoms with Crippen LogP contribution in [0.15, 0.2) is 206 Å². The highest BCUT2D eigenvalue weighted by Gasteiger charge is 2.16. The molecule has 0 N–H and O–H groups in total. The zero-order valence-corrected chi connectivity index (χ0v) is 30.4. The number of hydrogen-bond donors (Lipinski definition) is 0. The topological polar surface area (TPSA) is 51.6 Å². The van der Waals surface area contributed by atoms with Crippen molar-refractivity contribution in [1.29, 1.82) is 0 Å². The zero-order valence-electron chi connectivity index (χ0n) is 30.4. The molecule has 0 radical (unpaired) electrons. The van der Waals surface area contributed by atoms with Crippen molar-refractivity contribution in [2.45, 2.75) is 0 Å². The lowest BCUT2D eigenvalue weighted by atomic mass is 9.95. The highest BCUT2D eigenvalue weighted by atomic mass is 14.9. The van der Waals surface area contributed by atoms with Crippen molar-refractivity contribution in [3.63, 3.8) is 0 Å². The summed E-state index contributed by atoms with van der Waals surface area (Å²) in [6.45, 7) is 0. The van der Waals surface area contributed by atoms with E-state index in [2.05, 4.69) is 158 Å². The van der Waals surface area contributed by atoms with Gasteiger partial charge in [0.15, 0.2) is 5.82 Å². The third-order valence-electron chi connectivity index (χ3n) is 10.3. The number of pyridine rings is 2. The molecule has 7 aromatic carbocycles. The molecule has 0 unspecified atom stereocenters. The fourth-order valence-corrected chi connectivity index (χ4v) is 7.41. The lowest BCUT2D eigenvalue weighted by Crippen LogP contribution is -1.97.